The minimum atomic E-state index is -0.233. The van der Waals surface area contributed by atoms with E-state index >= 15 is 0 Å². The Morgan fingerprint density at radius 3 is 2.38 bits per heavy atom. The third kappa shape index (κ3) is 5.05. The van der Waals surface area contributed by atoms with Gasteiger partial charge >= 0.3 is 6.03 Å². The Kier molecular flexibility index (Phi) is 6.72. The summed E-state index contributed by atoms with van der Waals surface area (Å²) >= 11 is 0. The van der Waals surface area contributed by atoms with Gasteiger partial charge in [-0.3, -0.25) is 0 Å². The molecule has 2 rings (SSSR count). The minimum Gasteiger partial charge on any atom is -0.493 e. The lowest BCUT2D eigenvalue weighted by Gasteiger charge is -2.17. The summed E-state index contributed by atoms with van der Waals surface area (Å²) in [5.74, 6) is 1.79. The van der Waals surface area contributed by atoms with Crippen LogP contribution in [0, 0.1) is 6.92 Å². The molecule has 0 fully saturated rings. The van der Waals surface area contributed by atoms with Crippen molar-refractivity contribution in [3.05, 3.63) is 42.0 Å². The van der Waals surface area contributed by atoms with Crippen LogP contribution in [0.5, 0.6) is 17.2 Å². The third-order valence-corrected chi connectivity index (χ3v) is 4.16. The van der Waals surface area contributed by atoms with Crippen LogP contribution in [-0.4, -0.2) is 19.2 Å². The largest absolute Gasteiger partial charge is 0.493 e. The zero-order valence-corrected chi connectivity index (χ0v) is 15.8. The average Bonchev–Trinajstić information content (AvgIpc) is 2.63. The molecule has 140 valence electrons. The lowest BCUT2D eigenvalue weighted by molar-refractivity contribution is 0.247. The Morgan fingerprint density at radius 1 is 1.08 bits per heavy atom. The van der Waals surface area contributed by atoms with E-state index in [0.29, 0.717) is 28.6 Å². The normalized spacial score (nSPS) is 10.5. The second-order valence-corrected chi connectivity index (χ2v) is 6.10. The maximum Gasteiger partial charge on any atom is 0.319 e. The van der Waals surface area contributed by atoms with Crippen LogP contribution in [-0.2, 0) is 0 Å². The van der Waals surface area contributed by atoms with E-state index in [4.69, 9.17) is 15.2 Å². The number of hydrogen-bond donors (Lipinski definition) is 3. The van der Waals surface area contributed by atoms with Crippen LogP contribution in [0.4, 0.5) is 16.2 Å². The van der Waals surface area contributed by atoms with Crippen LogP contribution in [0.3, 0.4) is 0 Å². The van der Waals surface area contributed by atoms with Gasteiger partial charge in [0.25, 0.3) is 0 Å². The molecule has 0 aliphatic rings. The topological polar surface area (TPSA) is 85.6 Å². The van der Waals surface area contributed by atoms with Crippen molar-refractivity contribution in [2.45, 2.75) is 39.7 Å². The highest BCUT2D eigenvalue weighted by atomic mass is 16.5. The van der Waals surface area contributed by atoms with Crippen molar-refractivity contribution in [1.29, 1.82) is 0 Å². The summed E-state index contributed by atoms with van der Waals surface area (Å²) in [7, 11) is 1.56. The first-order valence-corrected chi connectivity index (χ1v) is 8.76. The van der Waals surface area contributed by atoms with Crippen molar-refractivity contribution in [2.24, 2.45) is 0 Å². The molecule has 26 heavy (non-hydrogen) atoms. The summed E-state index contributed by atoms with van der Waals surface area (Å²) < 4.78 is 11.3. The molecule has 0 saturated heterocycles. The van der Waals surface area contributed by atoms with E-state index in [1.54, 1.807) is 31.4 Å². The monoisotopic (exact) mass is 357 g/mol. The second-order valence-electron chi connectivity index (χ2n) is 6.10. The first-order valence-electron chi connectivity index (χ1n) is 8.76. The number of urea groups is 1. The number of nitrogen functional groups attached to an aromatic ring is 1. The molecule has 0 bridgehead atoms. The molecule has 2 amide bonds. The van der Waals surface area contributed by atoms with Gasteiger partial charge in [0.15, 0.2) is 11.5 Å². The van der Waals surface area contributed by atoms with Crippen LogP contribution in [0.2, 0.25) is 0 Å². The molecule has 0 aliphatic carbocycles. The number of carbonyl (C=O) groups is 1. The number of amides is 2. The number of aryl methyl sites for hydroxylation is 1. The van der Waals surface area contributed by atoms with Gasteiger partial charge in [-0.25, -0.2) is 4.79 Å². The van der Waals surface area contributed by atoms with Crippen molar-refractivity contribution in [1.82, 2.24) is 5.32 Å². The third-order valence-electron chi connectivity index (χ3n) is 4.16. The number of benzene rings is 2. The molecule has 6 heteroatoms. The molecule has 0 saturated carbocycles. The molecular weight excluding hydrogens is 330 g/mol. The second kappa shape index (κ2) is 8.99. The zero-order valence-electron chi connectivity index (χ0n) is 15.8. The first kappa shape index (κ1) is 19.4. The Labute approximate surface area is 154 Å². The number of nitrogens with one attached hydrogen (secondary N) is 2. The summed E-state index contributed by atoms with van der Waals surface area (Å²) in [5, 5.41) is 5.76. The van der Waals surface area contributed by atoms with E-state index in [-0.39, 0.29) is 12.1 Å². The van der Waals surface area contributed by atoms with Crippen LogP contribution in [0.25, 0.3) is 0 Å². The number of carbonyl (C=O) groups excluding carboxylic acids is 1. The molecule has 0 atom stereocenters. The molecule has 0 spiro atoms. The summed E-state index contributed by atoms with van der Waals surface area (Å²) in [4.78, 5) is 12.1. The molecule has 0 unspecified atom stereocenters. The minimum absolute atomic E-state index is 0.160. The molecular formula is C20H27N3O3. The maximum absolute atomic E-state index is 12.1. The van der Waals surface area contributed by atoms with Crippen molar-refractivity contribution in [2.75, 3.05) is 18.2 Å². The highest BCUT2D eigenvalue weighted by Crippen LogP contribution is 2.35. The van der Waals surface area contributed by atoms with Gasteiger partial charge < -0.3 is 25.8 Å². The predicted molar refractivity (Wildman–Crippen MR) is 105 cm³/mol. The molecule has 0 radical (unpaired) electrons. The summed E-state index contributed by atoms with van der Waals surface area (Å²) in [6.07, 6.45) is 1.78. The number of nitrogens with two attached hydrogens (primary N) is 1. The van der Waals surface area contributed by atoms with Gasteiger partial charge in [0.05, 0.1) is 7.11 Å². The molecule has 2 aromatic carbocycles. The van der Waals surface area contributed by atoms with E-state index in [1.165, 1.54) is 0 Å². The first-order chi connectivity index (χ1) is 12.5. The van der Waals surface area contributed by atoms with Crippen LogP contribution >= 0.6 is 0 Å². The van der Waals surface area contributed by atoms with Crippen LogP contribution < -0.4 is 25.8 Å². The van der Waals surface area contributed by atoms with E-state index < -0.39 is 0 Å². The van der Waals surface area contributed by atoms with Crippen molar-refractivity contribution >= 4 is 17.4 Å². The van der Waals surface area contributed by atoms with Crippen LogP contribution in [0.1, 0.15) is 32.3 Å². The lowest BCUT2D eigenvalue weighted by Crippen LogP contribution is -2.37. The molecule has 0 heterocycles. The Balaban J connectivity index is 2.12. The fourth-order valence-electron chi connectivity index (χ4n) is 2.58. The van der Waals surface area contributed by atoms with Crippen molar-refractivity contribution < 1.29 is 14.3 Å². The standard InChI is InChI=1S/C20H27N3O3/c1-5-15(6-2)22-20(24)23-16-8-10-18(19(12-16)25-4)26-17-9-7-14(21)11-13(17)3/h7-12,15H,5-6,21H2,1-4H3,(H2,22,23,24). The highest BCUT2D eigenvalue weighted by molar-refractivity contribution is 5.89. The van der Waals surface area contributed by atoms with Gasteiger partial charge in [0.2, 0.25) is 0 Å². The number of methoxy groups -OCH3 is 1. The van der Waals surface area contributed by atoms with Gasteiger partial charge in [0.1, 0.15) is 5.75 Å². The average molecular weight is 357 g/mol. The van der Waals surface area contributed by atoms with Gasteiger partial charge in [-0.2, -0.15) is 0 Å². The number of hydrogen-bond acceptors (Lipinski definition) is 4. The highest BCUT2D eigenvalue weighted by Gasteiger charge is 2.12. The predicted octanol–water partition coefficient (Wildman–Crippen LogP) is 4.69. The maximum atomic E-state index is 12.1. The Morgan fingerprint density at radius 2 is 1.77 bits per heavy atom. The number of rotatable bonds is 7. The van der Waals surface area contributed by atoms with Crippen LogP contribution in [0.15, 0.2) is 36.4 Å². The van der Waals surface area contributed by atoms with Crippen molar-refractivity contribution in [3.63, 3.8) is 0 Å². The summed E-state index contributed by atoms with van der Waals surface area (Å²) in [6.45, 7) is 6.02. The van der Waals surface area contributed by atoms with E-state index in [1.807, 2.05) is 32.9 Å². The lowest BCUT2D eigenvalue weighted by atomic mass is 10.2. The number of anilines is 2. The zero-order chi connectivity index (χ0) is 19.1. The van der Waals surface area contributed by atoms with Gasteiger partial charge in [0, 0.05) is 23.5 Å². The van der Waals surface area contributed by atoms with Gasteiger partial charge in [-0.05, 0) is 55.7 Å². The molecule has 6 nitrogen and oxygen atoms in total. The molecule has 0 aromatic heterocycles. The summed E-state index contributed by atoms with van der Waals surface area (Å²) in [5.41, 5.74) is 8.02. The van der Waals surface area contributed by atoms with E-state index in [0.717, 1.165) is 18.4 Å². The fraction of sp³-hybridized carbons (Fsp3) is 0.350. The van der Waals surface area contributed by atoms with E-state index in [2.05, 4.69) is 10.6 Å². The SMILES string of the molecule is CCC(CC)NC(=O)Nc1ccc(Oc2ccc(N)cc2C)c(OC)c1. The van der Waals surface area contributed by atoms with Gasteiger partial charge in [-0.1, -0.05) is 13.8 Å². The quantitative estimate of drug-likeness (QED) is 0.628. The number of ether oxygens (including phenoxy) is 2. The summed E-state index contributed by atoms with van der Waals surface area (Å²) in [6, 6.07) is 10.6. The van der Waals surface area contributed by atoms with E-state index in [9.17, 15) is 4.79 Å². The Bertz CT molecular complexity index is 758. The van der Waals surface area contributed by atoms with Gasteiger partial charge in [-0.15, -0.1) is 0 Å². The smallest absolute Gasteiger partial charge is 0.319 e. The van der Waals surface area contributed by atoms with Crippen molar-refractivity contribution in [3.8, 4) is 17.2 Å². The molecule has 2 aromatic rings. The molecule has 0 aliphatic heterocycles. The fourth-order valence-corrected chi connectivity index (χ4v) is 2.58. The Hall–Kier alpha value is -2.89. The molecule has 4 N–H and O–H groups in total.